The van der Waals surface area contributed by atoms with Gasteiger partial charge in [-0.1, -0.05) is 6.07 Å². The molecule has 11 heavy (non-hydrogen) atoms. The number of hydrogen-bond donors (Lipinski definition) is 0. The van der Waals surface area contributed by atoms with Crippen LogP contribution in [0.1, 0.15) is 11.1 Å². The SMILES string of the molecule is Cc1cc(C)cc([N+]#N)c1.[Cl-]. The molecule has 0 aliphatic heterocycles. The first-order valence-electron chi connectivity index (χ1n) is 3.16. The summed E-state index contributed by atoms with van der Waals surface area (Å²) in [5.74, 6) is 0. The molecule has 0 atom stereocenters. The van der Waals surface area contributed by atoms with Crippen LogP contribution in [-0.4, -0.2) is 0 Å². The Hall–Kier alpha value is -1.07. The standard InChI is InChI=1S/C8H9N2.ClH/c1-6-3-7(2)5-8(4-6)10-9;/h3-5H,1-2H3;1H/q+1;/p-1. The minimum absolute atomic E-state index is 0. The third-order valence-corrected chi connectivity index (χ3v) is 1.32. The molecule has 0 aliphatic rings. The highest BCUT2D eigenvalue weighted by Crippen LogP contribution is 2.15. The molecule has 1 aromatic carbocycles. The summed E-state index contributed by atoms with van der Waals surface area (Å²) in [6.07, 6.45) is 0. The van der Waals surface area contributed by atoms with Gasteiger partial charge in [-0.25, -0.2) is 0 Å². The molecule has 58 valence electrons. The van der Waals surface area contributed by atoms with Crippen LogP contribution in [0, 0.1) is 19.2 Å². The third-order valence-electron chi connectivity index (χ3n) is 1.32. The molecular formula is C8H9ClN2. The van der Waals surface area contributed by atoms with Crippen LogP contribution in [-0.2, 0) is 0 Å². The van der Waals surface area contributed by atoms with E-state index in [1.807, 2.05) is 32.0 Å². The minimum Gasteiger partial charge on any atom is -1.00 e. The van der Waals surface area contributed by atoms with Gasteiger partial charge in [-0.2, -0.15) is 0 Å². The van der Waals surface area contributed by atoms with Crippen LogP contribution < -0.4 is 12.4 Å². The first kappa shape index (κ1) is 9.93. The molecule has 0 unspecified atom stereocenters. The summed E-state index contributed by atoms with van der Waals surface area (Å²) in [6.45, 7) is 3.95. The van der Waals surface area contributed by atoms with Gasteiger partial charge >= 0.3 is 5.69 Å². The first-order valence-corrected chi connectivity index (χ1v) is 3.16. The molecule has 1 aromatic rings. The van der Waals surface area contributed by atoms with Crippen LogP contribution in [0.4, 0.5) is 5.69 Å². The van der Waals surface area contributed by atoms with Crippen LogP contribution in [0.3, 0.4) is 0 Å². The van der Waals surface area contributed by atoms with Gasteiger partial charge in [0.1, 0.15) is 0 Å². The van der Waals surface area contributed by atoms with E-state index in [4.69, 9.17) is 5.39 Å². The largest absolute Gasteiger partial charge is 1.00 e. The summed E-state index contributed by atoms with van der Waals surface area (Å²) in [7, 11) is 0. The lowest BCUT2D eigenvalue weighted by Gasteiger charge is -1.89. The maximum Gasteiger partial charge on any atom is 0.385 e. The van der Waals surface area contributed by atoms with Crippen molar-refractivity contribution in [2.75, 3.05) is 0 Å². The molecule has 1 rings (SSSR count). The van der Waals surface area contributed by atoms with Crippen molar-refractivity contribution >= 4 is 5.69 Å². The summed E-state index contributed by atoms with van der Waals surface area (Å²) in [5, 5.41) is 8.41. The third kappa shape index (κ3) is 2.57. The second-order valence-electron chi connectivity index (χ2n) is 2.45. The maximum absolute atomic E-state index is 8.41. The molecule has 0 N–H and O–H groups in total. The summed E-state index contributed by atoms with van der Waals surface area (Å²) in [6, 6.07) is 5.69. The summed E-state index contributed by atoms with van der Waals surface area (Å²) < 4.78 is 0. The lowest BCUT2D eigenvalue weighted by Crippen LogP contribution is -3.00. The van der Waals surface area contributed by atoms with Gasteiger partial charge in [0.2, 0.25) is 5.39 Å². The van der Waals surface area contributed by atoms with Crippen LogP contribution in [0.5, 0.6) is 0 Å². The number of halogens is 1. The highest BCUT2D eigenvalue weighted by Gasteiger charge is 2.03. The zero-order chi connectivity index (χ0) is 7.56. The van der Waals surface area contributed by atoms with E-state index in [1.165, 1.54) is 0 Å². The summed E-state index contributed by atoms with van der Waals surface area (Å²) >= 11 is 0. The van der Waals surface area contributed by atoms with Gasteiger partial charge in [0.25, 0.3) is 0 Å². The van der Waals surface area contributed by atoms with Crippen molar-refractivity contribution in [2.24, 2.45) is 0 Å². The minimum atomic E-state index is 0. The fourth-order valence-electron chi connectivity index (χ4n) is 1.01. The highest BCUT2D eigenvalue weighted by atomic mass is 35.5. The highest BCUT2D eigenvalue weighted by molar-refractivity contribution is 5.48. The van der Waals surface area contributed by atoms with Crippen LogP contribution in [0.25, 0.3) is 4.98 Å². The van der Waals surface area contributed by atoms with Crippen molar-refractivity contribution in [3.8, 4) is 0 Å². The van der Waals surface area contributed by atoms with Gasteiger partial charge in [-0.05, 0) is 25.0 Å². The van der Waals surface area contributed by atoms with Gasteiger partial charge in [-0.15, -0.1) is 0 Å². The number of diazo groups is 1. The normalized spacial score (nSPS) is 8.09. The lowest BCUT2D eigenvalue weighted by molar-refractivity contribution is -0.00000246. The average molecular weight is 169 g/mol. The molecule has 0 bridgehead atoms. The number of nitrogens with zero attached hydrogens (tertiary/aromatic N) is 2. The van der Waals surface area contributed by atoms with E-state index >= 15 is 0 Å². The fraction of sp³-hybridized carbons (Fsp3) is 0.250. The average Bonchev–Trinajstić information content (AvgIpc) is 1.85. The molecule has 0 spiro atoms. The lowest BCUT2D eigenvalue weighted by atomic mass is 10.1. The van der Waals surface area contributed by atoms with Crippen LogP contribution >= 0.6 is 0 Å². The monoisotopic (exact) mass is 168 g/mol. The molecule has 0 heterocycles. The Morgan fingerprint density at radius 1 is 1.09 bits per heavy atom. The second-order valence-corrected chi connectivity index (χ2v) is 2.45. The van der Waals surface area contributed by atoms with E-state index in [2.05, 4.69) is 4.98 Å². The van der Waals surface area contributed by atoms with Gasteiger partial charge in [0.15, 0.2) is 4.98 Å². The van der Waals surface area contributed by atoms with E-state index < -0.39 is 0 Å². The number of aryl methyl sites for hydroxylation is 2. The molecule has 3 heteroatoms. The Morgan fingerprint density at radius 2 is 1.55 bits per heavy atom. The summed E-state index contributed by atoms with van der Waals surface area (Å²) in [4.78, 5) is 3.09. The zero-order valence-corrected chi connectivity index (χ0v) is 7.26. The van der Waals surface area contributed by atoms with Crippen molar-refractivity contribution in [3.05, 3.63) is 34.3 Å². The topological polar surface area (TPSA) is 28.1 Å². The van der Waals surface area contributed by atoms with E-state index in [0.29, 0.717) is 5.69 Å². The number of rotatable bonds is 0. The van der Waals surface area contributed by atoms with Crippen molar-refractivity contribution < 1.29 is 12.4 Å². The predicted octanol–water partition coefficient (Wildman–Crippen LogP) is -0.208. The van der Waals surface area contributed by atoms with Gasteiger partial charge in [0, 0.05) is 12.1 Å². The first-order chi connectivity index (χ1) is 4.72. The van der Waals surface area contributed by atoms with Crippen molar-refractivity contribution in [2.45, 2.75) is 13.8 Å². The van der Waals surface area contributed by atoms with E-state index in [0.717, 1.165) is 11.1 Å². The molecule has 0 aliphatic carbocycles. The van der Waals surface area contributed by atoms with Gasteiger partial charge in [-0.3, -0.25) is 0 Å². The Balaban J connectivity index is 0.000001000. The molecule has 0 aromatic heterocycles. The Morgan fingerprint density at radius 3 is 1.91 bits per heavy atom. The zero-order valence-electron chi connectivity index (χ0n) is 6.50. The smallest absolute Gasteiger partial charge is 0.385 e. The predicted molar refractivity (Wildman–Crippen MR) is 40.7 cm³/mol. The molecule has 2 nitrogen and oxygen atoms in total. The second kappa shape index (κ2) is 3.95. The van der Waals surface area contributed by atoms with E-state index in [1.54, 1.807) is 0 Å². The van der Waals surface area contributed by atoms with Crippen molar-refractivity contribution in [1.29, 1.82) is 5.39 Å². The molecule has 0 radical (unpaired) electrons. The molecule has 0 amide bonds. The molecular weight excluding hydrogens is 160 g/mol. The van der Waals surface area contributed by atoms with Gasteiger partial charge < -0.3 is 12.4 Å². The molecule has 0 fully saturated rings. The van der Waals surface area contributed by atoms with Crippen LogP contribution in [0.2, 0.25) is 0 Å². The quantitative estimate of drug-likeness (QED) is 0.493. The Kier molecular flexibility index (Phi) is 3.56. The Labute approximate surface area is 72.3 Å². The van der Waals surface area contributed by atoms with E-state index in [-0.39, 0.29) is 12.4 Å². The van der Waals surface area contributed by atoms with Crippen LogP contribution in [0.15, 0.2) is 18.2 Å². The summed E-state index contributed by atoms with van der Waals surface area (Å²) in [5.41, 5.74) is 2.86. The molecule has 0 saturated carbocycles. The van der Waals surface area contributed by atoms with Gasteiger partial charge in [0.05, 0.1) is 0 Å². The maximum atomic E-state index is 8.41. The number of benzene rings is 1. The fourth-order valence-corrected chi connectivity index (χ4v) is 1.01. The van der Waals surface area contributed by atoms with E-state index in [9.17, 15) is 0 Å². The Bertz CT molecular complexity index is 268. The molecule has 0 saturated heterocycles. The number of hydrogen-bond acceptors (Lipinski definition) is 1. The van der Waals surface area contributed by atoms with Crippen molar-refractivity contribution in [3.63, 3.8) is 0 Å². The van der Waals surface area contributed by atoms with Crippen molar-refractivity contribution in [1.82, 2.24) is 0 Å².